The molecule has 2 nitrogen and oxygen atoms in total. The molecule has 0 saturated carbocycles. The average Bonchev–Trinajstić information content (AvgIpc) is 2.43. The van der Waals surface area contributed by atoms with Crippen LogP contribution in [0.15, 0.2) is 18.2 Å². The molecule has 17 heavy (non-hydrogen) atoms. The van der Waals surface area contributed by atoms with E-state index >= 15 is 0 Å². The van der Waals surface area contributed by atoms with Gasteiger partial charge >= 0.3 is 0 Å². The van der Waals surface area contributed by atoms with Crippen molar-refractivity contribution in [2.24, 2.45) is 0 Å². The smallest absolute Gasteiger partial charge is 0.127 e. The molecule has 1 aromatic carbocycles. The first-order valence-electron chi connectivity index (χ1n) is 6.37. The van der Waals surface area contributed by atoms with E-state index < -0.39 is 0 Å². The molecule has 0 spiro atoms. The summed E-state index contributed by atoms with van der Waals surface area (Å²) < 4.78 is 13.2. The molecule has 3 heteroatoms. The summed E-state index contributed by atoms with van der Waals surface area (Å²) in [4.78, 5) is 2.38. The molecule has 1 heterocycles. The van der Waals surface area contributed by atoms with Crippen molar-refractivity contribution in [3.63, 3.8) is 0 Å². The van der Waals surface area contributed by atoms with E-state index in [-0.39, 0.29) is 11.6 Å². The molecule has 0 aromatic heterocycles. The highest BCUT2D eigenvalue weighted by atomic mass is 19.1. The van der Waals surface area contributed by atoms with Crippen LogP contribution >= 0.6 is 0 Å². The minimum Gasteiger partial charge on any atom is -0.508 e. The normalized spacial score (nSPS) is 22.4. The van der Waals surface area contributed by atoms with Gasteiger partial charge in [0.05, 0.1) is 0 Å². The number of phenols is 1. The first-order chi connectivity index (χ1) is 8.15. The minimum atomic E-state index is -0.359. The molecule has 1 aliphatic rings. The fourth-order valence-electron chi connectivity index (χ4n) is 2.53. The Morgan fingerprint density at radius 1 is 1.29 bits per heavy atom. The number of likely N-dealkylation sites (tertiary alicyclic amines) is 1. The van der Waals surface area contributed by atoms with Crippen LogP contribution in [0.25, 0.3) is 0 Å². The zero-order valence-corrected chi connectivity index (χ0v) is 10.3. The number of nitrogens with zero attached hydrogens (tertiary/aromatic N) is 1. The van der Waals surface area contributed by atoms with Crippen molar-refractivity contribution in [2.45, 2.75) is 45.2 Å². The topological polar surface area (TPSA) is 23.5 Å². The fourth-order valence-corrected chi connectivity index (χ4v) is 2.53. The van der Waals surface area contributed by atoms with Gasteiger partial charge in [-0.15, -0.1) is 0 Å². The van der Waals surface area contributed by atoms with Gasteiger partial charge in [-0.2, -0.15) is 0 Å². The lowest BCUT2D eigenvalue weighted by atomic mass is 10.1. The number of halogens is 1. The number of aromatic hydroxyl groups is 1. The highest BCUT2D eigenvalue weighted by molar-refractivity contribution is 5.28. The van der Waals surface area contributed by atoms with Gasteiger partial charge in [-0.1, -0.05) is 12.8 Å². The van der Waals surface area contributed by atoms with Crippen LogP contribution in [0.3, 0.4) is 0 Å². The van der Waals surface area contributed by atoms with Crippen LogP contribution in [-0.4, -0.2) is 22.6 Å². The first-order valence-corrected chi connectivity index (χ1v) is 6.37. The Kier molecular flexibility index (Phi) is 4.00. The van der Waals surface area contributed by atoms with Gasteiger partial charge in [0.1, 0.15) is 11.6 Å². The lowest BCUT2D eigenvalue weighted by molar-refractivity contribution is 0.204. The lowest BCUT2D eigenvalue weighted by Crippen LogP contribution is -2.31. The fraction of sp³-hybridized carbons (Fsp3) is 0.571. The molecule has 1 atom stereocenters. The quantitative estimate of drug-likeness (QED) is 0.853. The van der Waals surface area contributed by atoms with Gasteiger partial charge in [-0.05, 0) is 44.0 Å². The molecule has 1 aromatic rings. The maximum Gasteiger partial charge on any atom is 0.127 e. The van der Waals surface area contributed by atoms with Gasteiger partial charge in [-0.3, -0.25) is 4.90 Å². The van der Waals surface area contributed by atoms with E-state index in [1.807, 2.05) is 0 Å². The Labute approximate surface area is 102 Å². The Bertz CT molecular complexity index is 360. The molecular formula is C14H20FNO. The Morgan fingerprint density at radius 3 is 2.88 bits per heavy atom. The molecule has 0 bridgehead atoms. The van der Waals surface area contributed by atoms with Crippen molar-refractivity contribution in [3.8, 4) is 5.75 Å². The van der Waals surface area contributed by atoms with Gasteiger partial charge < -0.3 is 5.11 Å². The van der Waals surface area contributed by atoms with Crippen LogP contribution in [0.5, 0.6) is 5.75 Å². The van der Waals surface area contributed by atoms with Crippen LogP contribution in [-0.2, 0) is 6.54 Å². The molecule has 1 unspecified atom stereocenters. The molecule has 0 radical (unpaired) electrons. The Morgan fingerprint density at radius 2 is 2.12 bits per heavy atom. The van der Waals surface area contributed by atoms with Crippen molar-refractivity contribution in [2.75, 3.05) is 6.54 Å². The van der Waals surface area contributed by atoms with E-state index in [2.05, 4.69) is 11.8 Å². The zero-order valence-electron chi connectivity index (χ0n) is 10.3. The van der Waals surface area contributed by atoms with Gasteiger partial charge in [0.15, 0.2) is 0 Å². The Balaban J connectivity index is 2.07. The Hall–Kier alpha value is -1.09. The highest BCUT2D eigenvalue weighted by Gasteiger charge is 2.17. The summed E-state index contributed by atoms with van der Waals surface area (Å²) in [5.41, 5.74) is 0.858. The van der Waals surface area contributed by atoms with Crippen LogP contribution < -0.4 is 0 Å². The van der Waals surface area contributed by atoms with Crippen molar-refractivity contribution in [3.05, 3.63) is 29.6 Å². The lowest BCUT2D eigenvalue weighted by Gasteiger charge is -2.26. The van der Waals surface area contributed by atoms with E-state index in [0.29, 0.717) is 6.04 Å². The monoisotopic (exact) mass is 237 g/mol. The summed E-state index contributed by atoms with van der Waals surface area (Å²) in [5.74, 6) is -0.343. The molecule has 1 N–H and O–H groups in total. The molecule has 1 aliphatic heterocycles. The number of phenolic OH excluding ortho intramolecular Hbond substituents is 1. The van der Waals surface area contributed by atoms with E-state index in [4.69, 9.17) is 0 Å². The summed E-state index contributed by atoms with van der Waals surface area (Å²) in [5, 5.41) is 9.39. The largest absolute Gasteiger partial charge is 0.508 e. The molecule has 1 fully saturated rings. The van der Waals surface area contributed by atoms with Gasteiger partial charge in [0, 0.05) is 18.7 Å². The second-order valence-corrected chi connectivity index (χ2v) is 4.99. The number of benzene rings is 1. The summed E-state index contributed by atoms with van der Waals surface area (Å²) >= 11 is 0. The van der Waals surface area contributed by atoms with E-state index in [1.165, 1.54) is 31.7 Å². The summed E-state index contributed by atoms with van der Waals surface area (Å²) in [6.07, 6.45) is 4.99. The highest BCUT2D eigenvalue weighted by Crippen LogP contribution is 2.21. The zero-order chi connectivity index (χ0) is 12.3. The second-order valence-electron chi connectivity index (χ2n) is 4.99. The third-order valence-corrected chi connectivity index (χ3v) is 3.52. The van der Waals surface area contributed by atoms with Crippen molar-refractivity contribution < 1.29 is 9.50 Å². The van der Waals surface area contributed by atoms with Crippen LogP contribution in [0, 0.1) is 5.82 Å². The predicted octanol–water partition coefficient (Wildman–Crippen LogP) is 3.30. The maximum atomic E-state index is 13.2. The molecule has 1 saturated heterocycles. The second kappa shape index (κ2) is 5.50. The molecule has 0 amide bonds. The number of rotatable bonds is 2. The molecule has 94 valence electrons. The summed E-state index contributed by atoms with van der Waals surface area (Å²) in [6, 6.07) is 4.86. The minimum absolute atomic E-state index is 0.0162. The number of hydrogen-bond acceptors (Lipinski definition) is 2. The van der Waals surface area contributed by atoms with E-state index in [9.17, 15) is 9.50 Å². The van der Waals surface area contributed by atoms with Gasteiger partial charge in [0.2, 0.25) is 0 Å². The molecular weight excluding hydrogens is 217 g/mol. The molecule has 2 rings (SSSR count). The van der Waals surface area contributed by atoms with Crippen molar-refractivity contribution in [1.82, 2.24) is 4.90 Å². The standard InChI is InChI=1S/C14H20FNO/c1-11-5-3-2-4-6-16(11)10-12-7-13(15)9-14(17)8-12/h7-9,11,17H,2-6,10H2,1H3. The number of hydrogen-bond donors (Lipinski definition) is 1. The first kappa shape index (κ1) is 12.4. The SMILES string of the molecule is CC1CCCCCN1Cc1cc(O)cc(F)c1. The third kappa shape index (κ3) is 3.43. The maximum absolute atomic E-state index is 13.2. The predicted molar refractivity (Wildman–Crippen MR) is 66.4 cm³/mol. The van der Waals surface area contributed by atoms with Crippen LogP contribution in [0.4, 0.5) is 4.39 Å². The van der Waals surface area contributed by atoms with Crippen molar-refractivity contribution >= 4 is 0 Å². The van der Waals surface area contributed by atoms with Crippen LogP contribution in [0.2, 0.25) is 0 Å². The van der Waals surface area contributed by atoms with Gasteiger partial charge in [0.25, 0.3) is 0 Å². The van der Waals surface area contributed by atoms with Gasteiger partial charge in [-0.25, -0.2) is 4.39 Å². The van der Waals surface area contributed by atoms with Crippen LogP contribution in [0.1, 0.15) is 38.2 Å². The average molecular weight is 237 g/mol. The third-order valence-electron chi connectivity index (χ3n) is 3.52. The van der Waals surface area contributed by atoms with E-state index in [0.717, 1.165) is 24.7 Å². The summed E-state index contributed by atoms with van der Waals surface area (Å²) in [7, 11) is 0. The summed E-state index contributed by atoms with van der Waals surface area (Å²) in [6.45, 7) is 4.02. The molecule has 0 aliphatic carbocycles. The van der Waals surface area contributed by atoms with E-state index in [1.54, 1.807) is 6.07 Å². The van der Waals surface area contributed by atoms with Crippen molar-refractivity contribution in [1.29, 1.82) is 0 Å².